The number of nitrogens with zero attached hydrogens (tertiary/aromatic N) is 4. The van der Waals surface area contributed by atoms with Crippen LogP contribution in [0.1, 0.15) is 43.5 Å². The van der Waals surface area contributed by atoms with Crippen LogP contribution in [0, 0.1) is 6.92 Å². The summed E-state index contributed by atoms with van der Waals surface area (Å²) >= 11 is 3.63. The standard InChI is InChI=1S/C24H26BrN5O4/c1-13(2)34-23(31)20-15(4)26-24-27-28-29-30(24)21(20)17-10-18(25)22(19(11-17)32-5)33-12-16-9-7-6-8-14(16)3/h6-11,13,21H,12H2,1-5H3,(H,26,27,29). The van der Waals surface area contributed by atoms with Gasteiger partial charge in [-0.25, -0.2) is 4.79 Å². The summed E-state index contributed by atoms with van der Waals surface area (Å²) in [5.41, 5.74) is 3.99. The number of carbonyl (C=O) groups excluding carboxylic acids is 1. The van der Waals surface area contributed by atoms with Gasteiger partial charge in [-0.1, -0.05) is 29.4 Å². The molecule has 0 saturated heterocycles. The summed E-state index contributed by atoms with van der Waals surface area (Å²) in [6, 6.07) is 11.1. The lowest BCUT2D eigenvalue weighted by Crippen LogP contribution is -2.30. The molecule has 3 aromatic rings. The maximum atomic E-state index is 13.1. The van der Waals surface area contributed by atoms with Crippen molar-refractivity contribution in [1.29, 1.82) is 0 Å². The van der Waals surface area contributed by atoms with E-state index < -0.39 is 12.0 Å². The van der Waals surface area contributed by atoms with Gasteiger partial charge in [0.05, 0.1) is 23.3 Å². The molecular formula is C24H26BrN5O4. The average molecular weight is 528 g/mol. The van der Waals surface area contributed by atoms with Crippen LogP contribution in [-0.2, 0) is 16.1 Å². The van der Waals surface area contributed by atoms with Crippen molar-refractivity contribution in [2.75, 3.05) is 12.4 Å². The Morgan fingerprint density at radius 1 is 1.24 bits per heavy atom. The van der Waals surface area contributed by atoms with E-state index in [1.54, 1.807) is 18.7 Å². The Morgan fingerprint density at radius 3 is 2.71 bits per heavy atom. The normalized spacial score (nSPS) is 15.1. The number of anilines is 1. The number of allylic oxidation sites excluding steroid dienone is 1. The zero-order valence-corrected chi connectivity index (χ0v) is 21.2. The van der Waals surface area contributed by atoms with Gasteiger partial charge in [-0.05, 0) is 82.9 Å². The van der Waals surface area contributed by atoms with Crippen LogP contribution >= 0.6 is 15.9 Å². The second kappa shape index (κ2) is 9.84. The predicted molar refractivity (Wildman–Crippen MR) is 130 cm³/mol. The van der Waals surface area contributed by atoms with Gasteiger partial charge in [-0.15, -0.1) is 0 Å². The summed E-state index contributed by atoms with van der Waals surface area (Å²) in [4.78, 5) is 13.1. The third-order valence-electron chi connectivity index (χ3n) is 5.48. The molecular weight excluding hydrogens is 502 g/mol. The molecule has 34 heavy (non-hydrogen) atoms. The lowest BCUT2D eigenvalue weighted by atomic mass is 9.95. The zero-order chi connectivity index (χ0) is 24.4. The first-order valence-corrected chi connectivity index (χ1v) is 11.6. The van der Waals surface area contributed by atoms with Crippen molar-refractivity contribution >= 4 is 27.8 Å². The minimum Gasteiger partial charge on any atom is -0.493 e. The highest BCUT2D eigenvalue weighted by Crippen LogP contribution is 2.43. The summed E-state index contributed by atoms with van der Waals surface area (Å²) in [5, 5.41) is 15.0. The van der Waals surface area contributed by atoms with Crippen LogP contribution in [0.25, 0.3) is 0 Å². The summed E-state index contributed by atoms with van der Waals surface area (Å²) in [5.74, 6) is 1.06. The van der Waals surface area contributed by atoms with Gasteiger partial charge in [0.2, 0.25) is 5.95 Å². The molecule has 1 unspecified atom stereocenters. The first kappa shape index (κ1) is 23.7. The number of carbonyl (C=O) groups is 1. The SMILES string of the molecule is COc1cc(C2C(C(=O)OC(C)C)=C(C)Nc3nnnn32)cc(Br)c1OCc1ccccc1C. The van der Waals surface area contributed by atoms with Crippen molar-refractivity contribution in [2.45, 2.75) is 46.4 Å². The lowest BCUT2D eigenvalue weighted by Gasteiger charge is -2.28. The number of esters is 1. The molecule has 0 saturated carbocycles. The molecule has 0 aliphatic carbocycles. The van der Waals surface area contributed by atoms with E-state index in [9.17, 15) is 4.79 Å². The number of nitrogens with one attached hydrogen (secondary N) is 1. The van der Waals surface area contributed by atoms with E-state index in [1.165, 1.54) is 0 Å². The Labute approximate surface area is 206 Å². The van der Waals surface area contributed by atoms with Crippen LogP contribution in [0.15, 0.2) is 52.1 Å². The number of aryl methyl sites for hydroxylation is 1. The van der Waals surface area contributed by atoms with E-state index >= 15 is 0 Å². The summed E-state index contributed by atoms with van der Waals surface area (Å²) in [7, 11) is 1.58. The molecule has 0 fully saturated rings. The fourth-order valence-electron chi connectivity index (χ4n) is 3.82. The van der Waals surface area contributed by atoms with Crippen molar-refractivity contribution < 1.29 is 19.0 Å². The number of ether oxygens (including phenoxy) is 3. The Kier molecular flexibility index (Phi) is 6.87. The molecule has 0 bridgehead atoms. The first-order valence-electron chi connectivity index (χ1n) is 10.8. The minimum absolute atomic E-state index is 0.276. The Morgan fingerprint density at radius 2 is 2.00 bits per heavy atom. The van der Waals surface area contributed by atoms with E-state index in [-0.39, 0.29) is 6.10 Å². The van der Waals surface area contributed by atoms with Crippen LogP contribution in [0.5, 0.6) is 11.5 Å². The molecule has 0 amide bonds. The molecule has 0 radical (unpaired) electrons. The van der Waals surface area contributed by atoms with Crippen molar-refractivity contribution in [3.05, 3.63) is 68.8 Å². The molecule has 1 aromatic heterocycles. The Hall–Kier alpha value is -3.40. The summed E-state index contributed by atoms with van der Waals surface area (Å²) in [6.07, 6.45) is -0.276. The third-order valence-corrected chi connectivity index (χ3v) is 6.07. The maximum Gasteiger partial charge on any atom is 0.338 e. The number of methoxy groups -OCH3 is 1. The minimum atomic E-state index is -0.617. The van der Waals surface area contributed by atoms with Gasteiger partial charge in [0.25, 0.3) is 0 Å². The van der Waals surface area contributed by atoms with Gasteiger partial charge in [0, 0.05) is 5.70 Å². The van der Waals surface area contributed by atoms with Crippen LogP contribution in [0.3, 0.4) is 0 Å². The lowest BCUT2D eigenvalue weighted by molar-refractivity contribution is -0.143. The highest BCUT2D eigenvalue weighted by Gasteiger charge is 2.36. The zero-order valence-electron chi connectivity index (χ0n) is 19.6. The van der Waals surface area contributed by atoms with E-state index in [4.69, 9.17) is 14.2 Å². The van der Waals surface area contributed by atoms with Crippen molar-refractivity contribution in [3.63, 3.8) is 0 Å². The Bertz CT molecular complexity index is 1250. The molecule has 178 valence electrons. The highest BCUT2D eigenvalue weighted by molar-refractivity contribution is 9.10. The number of fused-ring (bicyclic) bond motifs is 1. The quantitative estimate of drug-likeness (QED) is 0.446. The number of tetrazole rings is 1. The van der Waals surface area contributed by atoms with E-state index in [0.717, 1.165) is 16.7 Å². The molecule has 10 heteroatoms. The van der Waals surface area contributed by atoms with Crippen LogP contribution in [0.4, 0.5) is 5.95 Å². The van der Waals surface area contributed by atoms with Gasteiger partial charge < -0.3 is 19.5 Å². The number of hydrogen-bond donors (Lipinski definition) is 1. The van der Waals surface area contributed by atoms with Crippen molar-refractivity contribution in [1.82, 2.24) is 20.2 Å². The third kappa shape index (κ3) is 4.63. The fourth-order valence-corrected chi connectivity index (χ4v) is 4.40. The number of aromatic nitrogens is 4. The molecule has 4 rings (SSSR count). The first-order chi connectivity index (χ1) is 16.3. The molecule has 2 heterocycles. The van der Waals surface area contributed by atoms with Gasteiger partial charge in [-0.2, -0.15) is 4.68 Å². The molecule has 1 N–H and O–H groups in total. The number of benzene rings is 2. The number of hydrogen-bond acceptors (Lipinski definition) is 8. The van der Waals surface area contributed by atoms with Crippen LogP contribution in [0.2, 0.25) is 0 Å². The van der Waals surface area contributed by atoms with Crippen molar-refractivity contribution in [2.24, 2.45) is 0 Å². The predicted octanol–water partition coefficient (Wildman–Crippen LogP) is 4.57. The largest absolute Gasteiger partial charge is 0.493 e. The second-order valence-corrected chi connectivity index (χ2v) is 9.07. The van der Waals surface area contributed by atoms with Gasteiger partial charge in [0.15, 0.2) is 11.5 Å². The van der Waals surface area contributed by atoms with E-state index in [1.807, 2.05) is 57.2 Å². The molecule has 9 nitrogen and oxygen atoms in total. The fraction of sp³-hybridized carbons (Fsp3) is 0.333. The molecule has 1 aliphatic rings. The monoisotopic (exact) mass is 527 g/mol. The second-order valence-electron chi connectivity index (χ2n) is 8.22. The topological polar surface area (TPSA) is 100 Å². The van der Waals surface area contributed by atoms with Gasteiger partial charge >= 0.3 is 5.97 Å². The van der Waals surface area contributed by atoms with Gasteiger partial charge in [0.1, 0.15) is 12.6 Å². The number of rotatable bonds is 7. The maximum absolute atomic E-state index is 13.1. The Balaban J connectivity index is 1.74. The molecule has 2 aromatic carbocycles. The molecule has 0 spiro atoms. The summed E-state index contributed by atoms with van der Waals surface area (Å²) < 4.78 is 19.6. The van der Waals surface area contributed by atoms with Crippen molar-refractivity contribution in [3.8, 4) is 11.5 Å². The van der Waals surface area contributed by atoms with E-state index in [0.29, 0.717) is 39.8 Å². The smallest absolute Gasteiger partial charge is 0.338 e. The summed E-state index contributed by atoms with van der Waals surface area (Å²) in [6.45, 7) is 7.84. The van der Waals surface area contributed by atoms with Crippen LogP contribution < -0.4 is 14.8 Å². The average Bonchev–Trinajstić information content (AvgIpc) is 3.25. The molecule has 1 atom stereocenters. The van der Waals surface area contributed by atoms with Crippen LogP contribution in [-0.4, -0.2) is 39.4 Å². The van der Waals surface area contributed by atoms with E-state index in [2.05, 4.69) is 36.8 Å². The molecule has 1 aliphatic heterocycles. The number of halogens is 1. The highest BCUT2D eigenvalue weighted by atomic mass is 79.9. The van der Waals surface area contributed by atoms with Gasteiger partial charge in [-0.3, -0.25) is 0 Å².